The molecule has 0 aromatic carbocycles. The van der Waals surface area contributed by atoms with Gasteiger partial charge in [-0.1, -0.05) is 0 Å². The summed E-state index contributed by atoms with van der Waals surface area (Å²) in [6.45, 7) is 0.361. The maximum Gasteiger partial charge on any atom is 0.190 e. The van der Waals surface area contributed by atoms with Crippen LogP contribution in [0.3, 0.4) is 0 Å². The molecule has 0 aliphatic heterocycles. The monoisotopic (exact) mass is 273 g/mol. The second kappa shape index (κ2) is 5.99. The molecule has 0 saturated carbocycles. The molecule has 42 valence electrons. The van der Waals surface area contributed by atoms with Crippen LogP contribution in [0.4, 0.5) is 0 Å². The minimum absolute atomic E-state index is 0. The number of hydrogen-bond acceptors (Lipinski definition) is 3. The van der Waals surface area contributed by atoms with E-state index in [1.165, 1.54) is 7.11 Å². The number of esters is 1. The zero-order valence-electron chi connectivity index (χ0n) is 3.75. The first-order valence-corrected chi connectivity index (χ1v) is 1.36. The van der Waals surface area contributed by atoms with Crippen molar-refractivity contribution < 1.29 is 35.7 Å². The van der Waals surface area contributed by atoms with Gasteiger partial charge in [-0.3, -0.25) is 4.79 Å². The Hall–Kier alpha value is -0.0117. The van der Waals surface area contributed by atoms with E-state index < -0.39 is 5.97 Å². The second-order valence-corrected chi connectivity index (χ2v) is 0.652. The molecular formula is C3H5O3W-. The third-order valence-corrected chi connectivity index (χ3v) is 0.307. The van der Waals surface area contributed by atoms with Gasteiger partial charge < -0.3 is 9.84 Å². The predicted molar refractivity (Wildman–Crippen MR) is 18.3 cm³/mol. The Morgan fingerprint density at radius 1 is 1.86 bits per heavy atom. The molecule has 7 heavy (non-hydrogen) atoms. The van der Waals surface area contributed by atoms with Gasteiger partial charge in [0.15, 0.2) is 5.97 Å². The van der Waals surface area contributed by atoms with Crippen LogP contribution in [0.1, 0.15) is 0 Å². The SMILES string of the molecule is COC(=O)[CH-]O.[W]. The Labute approximate surface area is 55.9 Å². The molecule has 0 aliphatic carbocycles. The molecule has 0 aliphatic rings. The number of aliphatic hydroxyl groups excluding tert-OH is 1. The van der Waals surface area contributed by atoms with Crippen LogP contribution in [0.5, 0.6) is 0 Å². The van der Waals surface area contributed by atoms with E-state index in [1.807, 2.05) is 0 Å². The molecule has 1 N–H and O–H groups in total. The van der Waals surface area contributed by atoms with Gasteiger partial charge in [-0.25, -0.2) is 0 Å². The average molecular weight is 273 g/mol. The molecule has 0 atom stereocenters. The normalized spacial score (nSPS) is 6.00. The quantitative estimate of drug-likeness (QED) is 0.526. The maximum atomic E-state index is 9.65. The summed E-state index contributed by atoms with van der Waals surface area (Å²) in [5, 5.41) is 7.74. The van der Waals surface area contributed by atoms with Gasteiger partial charge in [0.2, 0.25) is 0 Å². The third-order valence-electron chi connectivity index (χ3n) is 0.307. The van der Waals surface area contributed by atoms with Crippen LogP contribution in [0.15, 0.2) is 0 Å². The summed E-state index contributed by atoms with van der Waals surface area (Å²) < 4.78 is 3.95. The predicted octanol–water partition coefficient (Wildman–Crippen LogP) is -0.309. The first-order valence-electron chi connectivity index (χ1n) is 1.36. The number of ether oxygens (including phenoxy) is 1. The summed E-state index contributed by atoms with van der Waals surface area (Å²) in [4.78, 5) is 9.65. The molecule has 0 spiro atoms. The fourth-order valence-electron chi connectivity index (χ4n) is 0.0527. The number of carbonyl (C=O) groups excluding carboxylic acids is 1. The molecular weight excluding hydrogens is 268 g/mol. The molecule has 0 unspecified atom stereocenters. The minimum Gasteiger partial charge on any atom is -0.537 e. The van der Waals surface area contributed by atoms with E-state index in [9.17, 15) is 4.79 Å². The van der Waals surface area contributed by atoms with Crippen LogP contribution in [0, 0.1) is 6.61 Å². The molecule has 3 nitrogen and oxygen atoms in total. The van der Waals surface area contributed by atoms with Gasteiger partial charge in [0.05, 0.1) is 7.11 Å². The largest absolute Gasteiger partial charge is 0.537 e. The van der Waals surface area contributed by atoms with Gasteiger partial charge in [0.25, 0.3) is 0 Å². The van der Waals surface area contributed by atoms with Crippen molar-refractivity contribution in [3.63, 3.8) is 0 Å². The van der Waals surface area contributed by atoms with Gasteiger partial charge in [-0.2, -0.15) is 6.61 Å². The van der Waals surface area contributed by atoms with Crippen molar-refractivity contribution in [1.29, 1.82) is 0 Å². The molecule has 0 saturated heterocycles. The van der Waals surface area contributed by atoms with E-state index in [0.717, 1.165) is 0 Å². The Morgan fingerprint density at radius 3 is 2.29 bits per heavy atom. The van der Waals surface area contributed by atoms with Gasteiger partial charge in [-0.15, -0.1) is 0 Å². The zero-order valence-corrected chi connectivity index (χ0v) is 6.68. The maximum absolute atomic E-state index is 9.65. The Morgan fingerprint density at radius 2 is 2.29 bits per heavy atom. The fourth-order valence-corrected chi connectivity index (χ4v) is 0.0527. The summed E-state index contributed by atoms with van der Waals surface area (Å²) in [5.41, 5.74) is 0. The number of methoxy groups -OCH3 is 1. The first-order chi connectivity index (χ1) is 2.81. The third kappa shape index (κ3) is 5.99. The second-order valence-electron chi connectivity index (χ2n) is 0.652. The molecule has 0 rings (SSSR count). The van der Waals surface area contributed by atoms with Crippen molar-refractivity contribution >= 4 is 5.97 Å². The minimum atomic E-state index is -0.727. The first kappa shape index (κ1) is 10.1. The molecule has 0 aromatic heterocycles. The fraction of sp³-hybridized carbons (Fsp3) is 0.333. The van der Waals surface area contributed by atoms with Crippen molar-refractivity contribution in [2.75, 3.05) is 7.11 Å². The Balaban J connectivity index is 0. The van der Waals surface area contributed by atoms with Gasteiger partial charge >= 0.3 is 0 Å². The molecule has 0 heterocycles. The van der Waals surface area contributed by atoms with E-state index in [2.05, 4.69) is 4.74 Å². The molecule has 0 radical (unpaired) electrons. The standard InChI is InChI=1S/C3H5O3.W/c1-6-3(5)2-4;/h2,4H,1H3;/q-1;. The summed E-state index contributed by atoms with van der Waals surface area (Å²) in [6.07, 6.45) is 0. The number of hydrogen-bond donors (Lipinski definition) is 1. The van der Waals surface area contributed by atoms with Crippen molar-refractivity contribution in [1.82, 2.24) is 0 Å². The van der Waals surface area contributed by atoms with E-state index >= 15 is 0 Å². The topological polar surface area (TPSA) is 46.5 Å². The summed E-state index contributed by atoms with van der Waals surface area (Å²) in [7, 11) is 1.19. The molecule has 4 heteroatoms. The Kier molecular flexibility index (Phi) is 8.62. The van der Waals surface area contributed by atoms with Crippen molar-refractivity contribution in [3.8, 4) is 0 Å². The van der Waals surface area contributed by atoms with Crippen molar-refractivity contribution in [2.45, 2.75) is 0 Å². The summed E-state index contributed by atoms with van der Waals surface area (Å²) in [5.74, 6) is -0.727. The van der Waals surface area contributed by atoms with Crippen LogP contribution in [0.25, 0.3) is 0 Å². The van der Waals surface area contributed by atoms with Gasteiger partial charge in [0, 0.05) is 21.1 Å². The van der Waals surface area contributed by atoms with E-state index in [4.69, 9.17) is 5.11 Å². The van der Waals surface area contributed by atoms with Gasteiger partial charge in [0.1, 0.15) is 0 Å². The summed E-state index contributed by atoms with van der Waals surface area (Å²) >= 11 is 0. The zero-order chi connectivity index (χ0) is 4.99. The van der Waals surface area contributed by atoms with Crippen LogP contribution in [0.2, 0.25) is 0 Å². The molecule has 0 amide bonds. The van der Waals surface area contributed by atoms with E-state index in [-0.39, 0.29) is 21.1 Å². The Bertz CT molecular complexity index is 48.1. The van der Waals surface area contributed by atoms with Gasteiger partial charge in [-0.05, 0) is 0 Å². The van der Waals surface area contributed by atoms with Crippen LogP contribution >= 0.6 is 0 Å². The van der Waals surface area contributed by atoms with Crippen LogP contribution in [-0.4, -0.2) is 18.2 Å². The van der Waals surface area contributed by atoms with Crippen molar-refractivity contribution in [3.05, 3.63) is 6.61 Å². The number of rotatable bonds is 1. The summed E-state index contributed by atoms with van der Waals surface area (Å²) in [6, 6.07) is 0. The molecule has 0 bridgehead atoms. The molecule has 0 fully saturated rings. The molecule has 0 aromatic rings. The smallest absolute Gasteiger partial charge is 0.190 e. The van der Waals surface area contributed by atoms with E-state index in [0.29, 0.717) is 6.61 Å². The van der Waals surface area contributed by atoms with Crippen LogP contribution < -0.4 is 0 Å². The number of aliphatic hydroxyl groups is 1. The average Bonchev–Trinajstić information content (AvgIpc) is 1.65. The van der Waals surface area contributed by atoms with E-state index in [1.54, 1.807) is 0 Å². The van der Waals surface area contributed by atoms with Crippen molar-refractivity contribution in [2.24, 2.45) is 0 Å². The van der Waals surface area contributed by atoms with Crippen LogP contribution in [-0.2, 0) is 30.6 Å². The number of carbonyl (C=O) groups is 1.